The number of carbonyl (C=O) groups is 1. The molecule has 1 saturated heterocycles. The number of aliphatic hydroxyl groups excluding tert-OH is 1. The van der Waals surface area contributed by atoms with Crippen LogP contribution in [0.15, 0.2) is 18.5 Å². The first kappa shape index (κ1) is 12.8. The van der Waals surface area contributed by atoms with E-state index < -0.39 is 0 Å². The summed E-state index contributed by atoms with van der Waals surface area (Å²) < 4.78 is 0. The standard InChI is InChI=1S/C12H18N4O2/c1-15(8-9-17)11(18)10-4-2-7-16(10)12-13-5-3-6-14-12/h3,5-6,10,17H,2,4,7-9H2,1H3. The molecule has 1 aromatic heterocycles. The fourth-order valence-corrected chi connectivity index (χ4v) is 2.22. The average Bonchev–Trinajstić information content (AvgIpc) is 2.88. The van der Waals surface area contributed by atoms with E-state index in [9.17, 15) is 4.79 Å². The molecule has 1 aliphatic rings. The van der Waals surface area contributed by atoms with Gasteiger partial charge in [0.15, 0.2) is 0 Å². The van der Waals surface area contributed by atoms with Crippen LogP contribution in [0.1, 0.15) is 12.8 Å². The molecule has 2 rings (SSSR count). The van der Waals surface area contributed by atoms with Crippen LogP contribution in [-0.2, 0) is 4.79 Å². The van der Waals surface area contributed by atoms with Crippen LogP contribution in [0.25, 0.3) is 0 Å². The minimum Gasteiger partial charge on any atom is -0.395 e. The highest BCUT2D eigenvalue weighted by Gasteiger charge is 2.33. The van der Waals surface area contributed by atoms with Crippen molar-refractivity contribution in [2.45, 2.75) is 18.9 Å². The van der Waals surface area contributed by atoms with Crippen LogP contribution in [0.4, 0.5) is 5.95 Å². The van der Waals surface area contributed by atoms with Crippen molar-refractivity contribution in [1.82, 2.24) is 14.9 Å². The Kier molecular flexibility index (Phi) is 4.09. The molecule has 1 aromatic rings. The van der Waals surface area contributed by atoms with Gasteiger partial charge in [-0.3, -0.25) is 4.79 Å². The van der Waals surface area contributed by atoms with Gasteiger partial charge in [-0.05, 0) is 18.9 Å². The Morgan fingerprint density at radius 1 is 1.56 bits per heavy atom. The van der Waals surface area contributed by atoms with Gasteiger partial charge in [0.1, 0.15) is 6.04 Å². The summed E-state index contributed by atoms with van der Waals surface area (Å²) in [5, 5.41) is 8.88. The fourth-order valence-electron chi connectivity index (χ4n) is 2.22. The van der Waals surface area contributed by atoms with Crippen LogP contribution in [-0.4, -0.2) is 58.7 Å². The highest BCUT2D eigenvalue weighted by Crippen LogP contribution is 2.22. The number of nitrogens with zero attached hydrogens (tertiary/aromatic N) is 4. The van der Waals surface area contributed by atoms with Crippen LogP contribution < -0.4 is 4.90 Å². The van der Waals surface area contributed by atoms with Crippen molar-refractivity contribution in [3.8, 4) is 0 Å². The van der Waals surface area contributed by atoms with Gasteiger partial charge < -0.3 is 14.9 Å². The predicted octanol–water partition coefficient (Wildman–Crippen LogP) is -0.104. The summed E-state index contributed by atoms with van der Waals surface area (Å²) in [5.74, 6) is 0.625. The second-order valence-electron chi connectivity index (χ2n) is 4.38. The van der Waals surface area contributed by atoms with E-state index in [1.807, 2.05) is 4.90 Å². The van der Waals surface area contributed by atoms with Crippen molar-refractivity contribution in [2.24, 2.45) is 0 Å². The Hall–Kier alpha value is -1.69. The van der Waals surface area contributed by atoms with Gasteiger partial charge in [-0.2, -0.15) is 0 Å². The second kappa shape index (κ2) is 5.77. The zero-order chi connectivity index (χ0) is 13.0. The molecular formula is C12H18N4O2. The molecule has 0 radical (unpaired) electrons. The Labute approximate surface area is 106 Å². The average molecular weight is 250 g/mol. The Bertz CT molecular complexity index is 398. The molecule has 0 bridgehead atoms. The highest BCUT2D eigenvalue weighted by molar-refractivity contribution is 5.85. The maximum atomic E-state index is 12.2. The Balaban J connectivity index is 2.10. The molecule has 98 valence electrons. The SMILES string of the molecule is CN(CCO)C(=O)C1CCCN1c1ncccn1. The van der Waals surface area contributed by atoms with E-state index in [-0.39, 0.29) is 18.6 Å². The maximum absolute atomic E-state index is 12.2. The summed E-state index contributed by atoms with van der Waals surface area (Å²) in [7, 11) is 1.71. The topological polar surface area (TPSA) is 69.6 Å². The molecule has 1 fully saturated rings. The van der Waals surface area contributed by atoms with Gasteiger partial charge in [0.25, 0.3) is 0 Å². The van der Waals surface area contributed by atoms with Crippen LogP contribution in [0.3, 0.4) is 0 Å². The first-order chi connectivity index (χ1) is 8.74. The number of hydrogen-bond acceptors (Lipinski definition) is 5. The van der Waals surface area contributed by atoms with Gasteiger partial charge in [0.2, 0.25) is 11.9 Å². The van der Waals surface area contributed by atoms with Gasteiger partial charge in [-0.1, -0.05) is 0 Å². The summed E-state index contributed by atoms with van der Waals surface area (Å²) in [6.07, 6.45) is 5.13. The van der Waals surface area contributed by atoms with Crippen LogP contribution in [0.5, 0.6) is 0 Å². The van der Waals surface area contributed by atoms with Crippen molar-refractivity contribution >= 4 is 11.9 Å². The zero-order valence-electron chi connectivity index (χ0n) is 10.5. The third kappa shape index (κ3) is 2.59. The molecule has 18 heavy (non-hydrogen) atoms. The molecule has 0 aromatic carbocycles. The Morgan fingerprint density at radius 3 is 2.94 bits per heavy atom. The van der Waals surface area contributed by atoms with Gasteiger partial charge in [-0.25, -0.2) is 9.97 Å². The molecule has 1 aliphatic heterocycles. The van der Waals surface area contributed by atoms with Gasteiger partial charge in [0.05, 0.1) is 6.61 Å². The van der Waals surface area contributed by atoms with Crippen molar-refractivity contribution < 1.29 is 9.90 Å². The summed E-state index contributed by atoms with van der Waals surface area (Å²) in [6.45, 7) is 1.14. The molecule has 1 atom stereocenters. The van der Waals surface area contributed by atoms with Crippen molar-refractivity contribution in [1.29, 1.82) is 0 Å². The number of carbonyl (C=O) groups excluding carboxylic acids is 1. The number of amides is 1. The molecule has 1 N–H and O–H groups in total. The predicted molar refractivity (Wildman–Crippen MR) is 67.1 cm³/mol. The molecule has 0 spiro atoms. The van der Waals surface area contributed by atoms with Crippen LogP contribution in [0, 0.1) is 0 Å². The van der Waals surface area contributed by atoms with E-state index in [0.717, 1.165) is 19.4 Å². The van der Waals surface area contributed by atoms with Gasteiger partial charge in [-0.15, -0.1) is 0 Å². The molecule has 1 unspecified atom stereocenters. The smallest absolute Gasteiger partial charge is 0.245 e. The fraction of sp³-hybridized carbons (Fsp3) is 0.583. The lowest BCUT2D eigenvalue weighted by Crippen LogP contribution is -2.45. The monoisotopic (exact) mass is 250 g/mol. The molecule has 6 heteroatoms. The molecule has 0 saturated carbocycles. The molecular weight excluding hydrogens is 232 g/mol. The largest absolute Gasteiger partial charge is 0.395 e. The lowest BCUT2D eigenvalue weighted by molar-refractivity contribution is -0.131. The normalized spacial score (nSPS) is 19.0. The summed E-state index contributed by atoms with van der Waals surface area (Å²) in [4.78, 5) is 24.1. The number of hydrogen-bond donors (Lipinski definition) is 1. The number of anilines is 1. The number of likely N-dealkylation sites (N-methyl/N-ethyl adjacent to an activating group) is 1. The Morgan fingerprint density at radius 2 is 2.28 bits per heavy atom. The highest BCUT2D eigenvalue weighted by atomic mass is 16.3. The molecule has 1 amide bonds. The summed E-state index contributed by atoms with van der Waals surface area (Å²) in [5.41, 5.74) is 0. The lowest BCUT2D eigenvalue weighted by atomic mass is 10.2. The van der Waals surface area contributed by atoms with E-state index in [1.54, 1.807) is 30.4 Å². The number of rotatable bonds is 4. The summed E-state index contributed by atoms with van der Waals surface area (Å²) >= 11 is 0. The number of aliphatic hydroxyl groups is 1. The molecule has 2 heterocycles. The third-order valence-electron chi connectivity index (χ3n) is 3.16. The quantitative estimate of drug-likeness (QED) is 0.808. The van der Waals surface area contributed by atoms with E-state index in [4.69, 9.17) is 5.11 Å². The van der Waals surface area contributed by atoms with Crippen LogP contribution >= 0.6 is 0 Å². The van der Waals surface area contributed by atoms with Gasteiger partial charge >= 0.3 is 0 Å². The summed E-state index contributed by atoms with van der Waals surface area (Å²) in [6, 6.07) is 1.55. The van der Waals surface area contributed by atoms with Crippen molar-refractivity contribution in [3.63, 3.8) is 0 Å². The molecule has 6 nitrogen and oxygen atoms in total. The zero-order valence-corrected chi connectivity index (χ0v) is 10.5. The maximum Gasteiger partial charge on any atom is 0.245 e. The lowest BCUT2D eigenvalue weighted by Gasteiger charge is -2.27. The minimum absolute atomic E-state index is 0.0171. The van der Waals surface area contributed by atoms with Crippen molar-refractivity contribution in [3.05, 3.63) is 18.5 Å². The number of aromatic nitrogens is 2. The second-order valence-corrected chi connectivity index (χ2v) is 4.38. The third-order valence-corrected chi connectivity index (χ3v) is 3.16. The first-order valence-corrected chi connectivity index (χ1v) is 6.13. The van der Waals surface area contributed by atoms with E-state index in [1.165, 1.54) is 0 Å². The van der Waals surface area contributed by atoms with Crippen molar-refractivity contribution in [2.75, 3.05) is 31.6 Å². The minimum atomic E-state index is -0.205. The van der Waals surface area contributed by atoms with Gasteiger partial charge in [0, 0.05) is 32.5 Å². The van der Waals surface area contributed by atoms with Crippen LogP contribution in [0.2, 0.25) is 0 Å². The van der Waals surface area contributed by atoms with E-state index in [0.29, 0.717) is 12.5 Å². The molecule has 0 aliphatic carbocycles. The van der Waals surface area contributed by atoms with E-state index >= 15 is 0 Å². The van der Waals surface area contributed by atoms with E-state index in [2.05, 4.69) is 9.97 Å². The first-order valence-electron chi connectivity index (χ1n) is 6.13.